The van der Waals surface area contributed by atoms with Crippen molar-refractivity contribution in [2.45, 2.75) is 20.4 Å². The van der Waals surface area contributed by atoms with Crippen LogP contribution < -0.4 is 10.9 Å². The van der Waals surface area contributed by atoms with Crippen molar-refractivity contribution in [1.82, 2.24) is 9.55 Å². The van der Waals surface area contributed by atoms with Gasteiger partial charge in [-0.05, 0) is 44.2 Å². The number of benzene rings is 2. The molecule has 0 bridgehead atoms. The highest BCUT2D eigenvalue weighted by molar-refractivity contribution is 6.05. The number of hydrogen-bond donors (Lipinski definition) is 1. The van der Waals surface area contributed by atoms with Gasteiger partial charge in [0.2, 0.25) is 0 Å². The number of nitrogens with zero attached hydrogens (tertiary/aromatic N) is 2. The van der Waals surface area contributed by atoms with Crippen LogP contribution in [-0.2, 0) is 6.54 Å². The third-order valence-corrected chi connectivity index (χ3v) is 3.86. The predicted octanol–water partition coefficient (Wildman–Crippen LogP) is 3.26. The number of anilines is 1. The third-order valence-electron chi connectivity index (χ3n) is 3.86. The second kappa shape index (κ2) is 6.43. The number of amides is 1. The van der Waals surface area contributed by atoms with Crippen LogP contribution in [0.5, 0.6) is 0 Å². The molecule has 3 rings (SSSR count). The lowest BCUT2D eigenvalue weighted by Gasteiger charge is -2.10. The molecular formula is C18H15F2N3O2. The van der Waals surface area contributed by atoms with Crippen LogP contribution in [0.2, 0.25) is 0 Å². The highest BCUT2D eigenvalue weighted by Crippen LogP contribution is 2.17. The second-order valence-electron chi connectivity index (χ2n) is 5.53. The highest BCUT2D eigenvalue weighted by atomic mass is 19.2. The molecule has 1 N–H and O–H groups in total. The quantitative estimate of drug-likeness (QED) is 0.794. The number of aromatic nitrogens is 2. The van der Waals surface area contributed by atoms with Crippen LogP contribution >= 0.6 is 0 Å². The molecule has 2 aromatic carbocycles. The van der Waals surface area contributed by atoms with Crippen LogP contribution in [0.25, 0.3) is 11.0 Å². The molecule has 0 spiro atoms. The Hall–Kier alpha value is -3.09. The van der Waals surface area contributed by atoms with Crippen molar-refractivity contribution in [2.24, 2.45) is 0 Å². The number of aryl methyl sites for hydroxylation is 2. The van der Waals surface area contributed by atoms with E-state index in [4.69, 9.17) is 0 Å². The van der Waals surface area contributed by atoms with Gasteiger partial charge in [0.1, 0.15) is 5.69 Å². The van der Waals surface area contributed by atoms with Gasteiger partial charge in [-0.1, -0.05) is 0 Å². The molecule has 25 heavy (non-hydrogen) atoms. The molecule has 0 aliphatic carbocycles. The van der Waals surface area contributed by atoms with Gasteiger partial charge >= 0.3 is 0 Å². The van der Waals surface area contributed by atoms with Gasteiger partial charge in [0.05, 0.1) is 11.0 Å². The Balaban J connectivity index is 1.98. The first-order valence-electron chi connectivity index (χ1n) is 7.68. The first-order chi connectivity index (χ1) is 11.9. The minimum absolute atomic E-state index is 0.145. The molecule has 1 heterocycles. The van der Waals surface area contributed by atoms with Gasteiger partial charge in [-0.3, -0.25) is 9.59 Å². The number of fused-ring (bicyclic) bond motifs is 1. The Labute approximate surface area is 141 Å². The summed E-state index contributed by atoms with van der Waals surface area (Å²) in [7, 11) is 0. The van der Waals surface area contributed by atoms with E-state index in [0.29, 0.717) is 28.8 Å². The zero-order valence-electron chi connectivity index (χ0n) is 13.6. The van der Waals surface area contributed by atoms with Gasteiger partial charge < -0.3 is 9.88 Å². The van der Waals surface area contributed by atoms with E-state index in [2.05, 4.69) is 10.3 Å². The van der Waals surface area contributed by atoms with Crippen molar-refractivity contribution in [2.75, 3.05) is 5.32 Å². The minimum Gasteiger partial charge on any atom is -0.322 e. The number of nitrogens with one attached hydrogen (secondary N) is 1. The van der Waals surface area contributed by atoms with Gasteiger partial charge in [0.15, 0.2) is 11.6 Å². The van der Waals surface area contributed by atoms with Crippen molar-refractivity contribution in [3.05, 3.63) is 69.6 Å². The Morgan fingerprint density at radius 1 is 1.16 bits per heavy atom. The Bertz CT molecular complexity index is 1040. The Kier molecular flexibility index (Phi) is 4.31. The van der Waals surface area contributed by atoms with Crippen molar-refractivity contribution in [3.8, 4) is 0 Å². The summed E-state index contributed by atoms with van der Waals surface area (Å²) < 4.78 is 27.8. The Morgan fingerprint density at radius 3 is 2.60 bits per heavy atom. The summed E-state index contributed by atoms with van der Waals surface area (Å²) in [5.41, 5.74) is 1.75. The summed E-state index contributed by atoms with van der Waals surface area (Å²) in [5.74, 6) is -2.51. The molecule has 0 saturated heterocycles. The van der Waals surface area contributed by atoms with Gasteiger partial charge in [0, 0.05) is 23.9 Å². The summed E-state index contributed by atoms with van der Waals surface area (Å²) in [6, 6.07) is 7.88. The van der Waals surface area contributed by atoms with Crippen LogP contribution in [0.3, 0.4) is 0 Å². The fraction of sp³-hybridized carbons (Fsp3) is 0.167. The smallest absolute Gasteiger partial charge is 0.272 e. The summed E-state index contributed by atoms with van der Waals surface area (Å²) in [6.07, 6.45) is 0. The Morgan fingerprint density at radius 2 is 1.92 bits per heavy atom. The maximum atomic E-state index is 13.2. The lowest BCUT2D eigenvalue weighted by molar-refractivity contribution is 0.102. The van der Waals surface area contributed by atoms with Crippen LogP contribution in [0, 0.1) is 18.6 Å². The summed E-state index contributed by atoms with van der Waals surface area (Å²) in [4.78, 5) is 28.7. The highest BCUT2D eigenvalue weighted by Gasteiger charge is 2.12. The van der Waals surface area contributed by atoms with Crippen LogP contribution in [-0.4, -0.2) is 15.5 Å². The topological polar surface area (TPSA) is 64.0 Å². The summed E-state index contributed by atoms with van der Waals surface area (Å²) in [6.45, 7) is 3.95. The molecule has 0 aliphatic heterocycles. The monoisotopic (exact) mass is 343 g/mol. The molecule has 1 amide bonds. The molecular weight excluding hydrogens is 328 g/mol. The molecule has 0 saturated carbocycles. The average Bonchev–Trinajstić information content (AvgIpc) is 2.59. The standard InChI is InChI=1S/C18H15F2N3O2/c1-3-23-16-7-4-11(8-15(16)21-10(2)18(23)25)17(24)22-12-5-6-13(19)14(20)9-12/h4-9H,3H2,1-2H3,(H,22,24). The molecule has 5 nitrogen and oxygen atoms in total. The van der Waals surface area contributed by atoms with E-state index < -0.39 is 17.5 Å². The molecule has 7 heteroatoms. The maximum Gasteiger partial charge on any atom is 0.272 e. The van der Waals surface area contributed by atoms with Gasteiger partial charge in [-0.15, -0.1) is 0 Å². The molecule has 3 aromatic rings. The van der Waals surface area contributed by atoms with Gasteiger partial charge in [0.25, 0.3) is 11.5 Å². The van der Waals surface area contributed by atoms with Crippen molar-refractivity contribution >= 4 is 22.6 Å². The fourth-order valence-electron chi connectivity index (χ4n) is 2.61. The van der Waals surface area contributed by atoms with E-state index >= 15 is 0 Å². The number of rotatable bonds is 3. The average molecular weight is 343 g/mol. The first-order valence-corrected chi connectivity index (χ1v) is 7.68. The van der Waals surface area contributed by atoms with E-state index in [9.17, 15) is 18.4 Å². The number of carbonyl (C=O) groups is 1. The maximum absolute atomic E-state index is 13.2. The largest absolute Gasteiger partial charge is 0.322 e. The number of carbonyl (C=O) groups excluding carboxylic acids is 1. The van der Waals surface area contributed by atoms with E-state index in [1.165, 1.54) is 6.07 Å². The van der Waals surface area contributed by atoms with E-state index in [-0.39, 0.29) is 11.2 Å². The van der Waals surface area contributed by atoms with E-state index in [1.54, 1.807) is 29.7 Å². The molecule has 1 aromatic heterocycles. The lowest BCUT2D eigenvalue weighted by atomic mass is 10.1. The SMILES string of the molecule is CCn1c(=O)c(C)nc2cc(C(=O)Nc3ccc(F)c(F)c3)ccc21. The normalized spacial score (nSPS) is 10.9. The van der Waals surface area contributed by atoms with Crippen LogP contribution in [0.1, 0.15) is 23.0 Å². The van der Waals surface area contributed by atoms with Crippen LogP contribution in [0.15, 0.2) is 41.2 Å². The molecule has 0 unspecified atom stereocenters. The number of hydrogen-bond acceptors (Lipinski definition) is 3. The van der Waals surface area contributed by atoms with E-state index in [0.717, 1.165) is 12.1 Å². The molecule has 0 atom stereocenters. The predicted molar refractivity (Wildman–Crippen MR) is 90.7 cm³/mol. The van der Waals surface area contributed by atoms with Gasteiger partial charge in [-0.2, -0.15) is 0 Å². The molecule has 0 aliphatic rings. The van der Waals surface area contributed by atoms with Crippen molar-refractivity contribution in [1.29, 1.82) is 0 Å². The van der Waals surface area contributed by atoms with Gasteiger partial charge in [-0.25, -0.2) is 13.8 Å². The molecule has 0 fully saturated rings. The van der Waals surface area contributed by atoms with Crippen molar-refractivity contribution in [3.63, 3.8) is 0 Å². The summed E-state index contributed by atoms with van der Waals surface area (Å²) in [5, 5.41) is 2.50. The number of halogens is 2. The first kappa shape index (κ1) is 16.8. The van der Waals surface area contributed by atoms with Crippen LogP contribution in [0.4, 0.5) is 14.5 Å². The lowest BCUT2D eigenvalue weighted by Crippen LogP contribution is -2.23. The summed E-state index contributed by atoms with van der Waals surface area (Å²) >= 11 is 0. The molecule has 128 valence electrons. The van der Waals surface area contributed by atoms with E-state index in [1.807, 2.05) is 6.92 Å². The second-order valence-corrected chi connectivity index (χ2v) is 5.53. The third kappa shape index (κ3) is 3.13. The zero-order valence-corrected chi connectivity index (χ0v) is 13.6. The van der Waals surface area contributed by atoms with Crippen molar-refractivity contribution < 1.29 is 13.6 Å². The molecule has 0 radical (unpaired) electrons. The minimum atomic E-state index is -1.04. The zero-order chi connectivity index (χ0) is 18.1. The fourth-order valence-corrected chi connectivity index (χ4v) is 2.61.